The number of nitrogens with one attached hydrogen (secondary N) is 1. The normalized spacial score (nSPS) is 20.4. The number of hydrogen-bond acceptors (Lipinski definition) is 3. The van der Waals surface area contributed by atoms with Crippen LogP contribution in [0.1, 0.15) is 23.7 Å². The molecule has 7 heteroatoms. The molecule has 0 spiro atoms. The lowest BCUT2D eigenvalue weighted by Gasteiger charge is -2.04. The number of hydrogen-bond donors (Lipinski definition) is 1. The van der Waals surface area contributed by atoms with E-state index < -0.39 is 11.6 Å². The summed E-state index contributed by atoms with van der Waals surface area (Å²) in [7, 11) is 1.69. The zero-order valence-electron chi connectivity index (χ0n) is 11.6. The van der Waals surface area contributed by atoms with Crippen molar-refractivity contribution in [2.24, 2.45) is 13.0 Å². The maximum atomic E-state index is 13.2. The van der Waals surface area contributed by atoms with E-state index >= 15 is 0 Å². The lowest BCUT2D eigenvalue weighted by Crippen LogP contribution is -2.17. The minimum Gasteiger partial charge on any atom is -0.294 e. The highest BCUT2D eigenvalue weighted by molar-refractivity contribution is 5.93. The largest absolute Gasteiger partial charge is 0.294 e. The van der Waals surface area contributed by atoms with E-state index in [1.165, 1.54) is 10.7 Å². The molecular weight excluding hydrogens is 278 g/mol. The fraction of sp³-hybridized carbons (Fsp3) is 0.357. The van der Waals surface area contributed by atoms with Crippen LogP contribution in [0.25, 0.3) is 0 Å². The first-order valence-electron chi connectivity index (χ1n) is 6.59. The number of amides is 1. The Kier molecular flexibility index (Phi) is 3.19. The van der Waals surface area contributed by atoms with Crippen molar-refractivity contribution in [1.29, 1.82) is 0 Å². The van der Waals surface area contributed by atoms with Crippen LogP contribution in [0.2, 0.25) is 0 Å². The number of aromatic nitrogens is 3. The summed E-state index contributed by atoms with van der Waals surface area (Å²) in [5.74, 6) is -1.31. The topological polar surface area (TPSA) is 59.8 Å². The average Bonchev–Trinajstić information content (AvgIpc) is 3.15. The molecular formula is C14H14F2N4O. The lowest BCUT2D eigenvalue weighted by atomic mass is 10.1. The van der Waals surface area contributed by atoms with Gasteiger partial charge in [-0.25, -0.2) is 13.5 Å². The smallest absolute Gasteiger partial charge is 0.230 e. The van der Waals surface area contributed by atoms with Crippen LogP contribution in [0.15, 0.2) is 18.2 Å². The van der Waals surface area contributed by atoms with Crippen LogP contribution in [-0.2, 0) is 11.8 Å². The Labute approximate surface area is 120 Å². The van der Waals surface area contributed by atoms with Crippen LogP contribution in [0, 0.1) is 24.5 Å². The van der Waals surface area contributed by atoms with E-state index in [0.29, 0.717) is 23.8 Å². The summed E-state index contributed by atoms with van der Waals surface area (Å²) in [6, 6.07) is 3.76. The Balaban J connectivity index is 1.68. The molecule has 21 heavy (non-hydrogen) atoms. The summed E-state index contributed by atoms with van der Waals surface area (Å²) in [5, 5.41) is 6.74. The highest BCUT2D eigenvalue weighted by atomic mass is 19.2. The van der Waals surface area contributed by atoms with E-state index in [-0.39, 0.29) is 17.7 Å². The fourth-order valence-electron chi connectivity index (χ4n) is 2.42. The number of halogens is 2. The number of benzene rings is 1. The predicted molar refractivity (Wildman–Crippen MR) is 71.6 cm³/mol. The van der Waals surface area contributed by atoms with Gasteiger partial charge in [-0.05, 0) is 37.0 Å². The zero-order valence-corrected chi connectivity index (χ0v) is 11.6. The Hall–Kier alpha value is -2.31. The minimum absolute atomic E-state index is 0.0746. The van der Waals surface area contributed by atoms with Gasteiger partial charge in [0.25, 0.3) is 0 Å². The molecule has 2 aromatic rings. The molecule has 2 atom stereocenters. The Morgan fingerprint density at radius 3 is 2.76 bits per heavy atom. The molecule has 5 nitrogen and oxygen atoms in total. The standard InChI is InChI=1S/C14H14F2N4O/c1-7-17-14(20(2)19-7)18-13(21)10-6-9(10)8-3-4-11(15)12(16)5-8/h3-5,9-10H,6H2,1-2H3,(H,17,18,19,21)/t9-,10-/m0/s1. The molecule has 1 fully saturated rings. The zero-order chi connectivity index (χ0) is 15.1. The maximum absolute atomic E-state index is 13.2. The van der Waals surface area contributed by atoms with Gasteiger partial charge in [-0.15, -0.1) is 0 Å². The monoisotopic (exact) mass is 292 g/mol. The van der Waals surface area contributed by atoms with Crippen LogP contribution in [0.3, 0.4) is 0 Å². The van der Waals surface area contributed by atoms with Crippen LogP contribution in [0.4, 0.5) is 14.7 Å². The molecule has 1 amide bonds. The van der Waals surface area contributed by atoms with Gasteiger partial charge in [-0.1, -0.05) is 6.07 Å². The molecule has 1 heterocycles. The first-order valence-corrected chi connectivity index (χ1v) is 6.59. The second-order valence-electron chi connectivity index (χ2n) is 5.22. The van der Waals surface area contributed by atoms with Crippen molar-refractivity contribution >= 4 is 11.9 Å². The highest BCUT2D eigenvalue weighted by Gasteiger charge is 2.44. The van der Waals surface area contributed by atoms with Gasteiger partial charge < -0.3 is 0 Å². The third-order valence-electron chi connectivity index (χ3n) is 3.60. The second kappa shape index (κ2) is 4.91. The van der Waals surface area contributed by atoms with Crippen LogP contribution < -0.4 is 5.32 Å². The molecule has 1 aromatic carbocycles. The quantitative estimate of drug-likeness (QED) is 0.943. The molecule has 0 saturated heterocycles. The summed E-state index contributed by atoms with van der Waals surface area (Å²) in [6.07, 6.45) is 0.619. The minimum atomic E-state index is -0.887. The van der Waals surface area contributed by atoms with Crippen molar-refractivity contribution in [3.63, 3.8) is 0 Å². The van der Waals surface area contributed by atoms with Gasteiger partial charge in [0.2, 0.25) is 11.9 Å². The predicted octanol–water partition coefficient (Wildman–Crippen LogP) is 2.14. The molecule has 1 N–H and O–H groups in total. The van der Waals surface area contributed by atoms with Crippen LogP contribution in [0.5, 0.6) is 0 Å². The second-order valence-corrected chi connectivity index (χ2v) is 5.22. The van der Waals surface area contributed by atoms with Crippen LogP contribution >= 0.6 is 0 Å². The Bertz CT molecular complexity index is 713. The van der Waals surface area contributed by atoms with Crippen molar-refractivity contribution in [2.45, 2.75) is 19.3 Å². The van der Waals surface area contributed by atoms with E-state index in [0.717, 1.165) is 12.1 Å². The van der Waals surface area contributed by atoms with Crippen molar-refractivity contribution < 1.29 is 13.6 Å². The summed E-state index contributed by atoms with van der Waals surface area (Å²) in [6.45, 7) is 1.73. The van der Waals surface area contributed by atoms with Crippen molar-refractivity contribution in [2.75, 3.05) is 5.32 Å². The van der Waals surface area contributed by atoms with Crippen molar-refractivity contribution in [1.82, 2.24) is 14.8 Å². The number of rotatable bonds is 3. The van der Waals surface area contributed by atoms with Gasteiger partial charge in [-0.3, -0.25) is 10.1 Å². The van der Waals surface area contributed by atoms with E-state index in [1.807, 2.05) is 0 Å². The van der Waals surface area contributed by atoms with Crippen molar-refractivity contribution in [3.8, 4) is 0 Å². The average molecular weight is 292 g/mol. The number of anilines is 1. The van der Waals surface area contributed by atoms with Gasteiger partial charge in [-0.2, -0.15) is 10.1 Å². The van der Waals surface area contributed by atoms with Gasteiger partial charge in [0, 0.05) is 13.0 Å². The molecule has 0 radical (unpaired) electrons. The summed E-state index contributed by atoms with van der Waals surface area (Å²) in [4.78, 5) is 16.2. The number of carbonyl (C=O) groups is 1. The van der Waals surface area contributed by atoms with Gasteiger partial charge in [0.1, 0.15) is 5.82 Å². The first-order chi connectivity index (χ1) is 9.95. The highest BCUT2D eigenvalue weighted by Crippen LogP contribution is 2.48. The summed E-state index contributed by atoms with van der Waals surface area (Å²) >= 11 is 0. The Morgan fingerprint density at radius 1 is 1.38 bits per heavy atom. The van der Waals surface area contributed by atoms with Gasteiger partial charge in [0.05, 0.1) is 0 Å². The Morgan fingerprint density at radius 2 is 2.14 bits per heavy atom. The van der Waals surface area contributed by atoms with E-state index in [1.54, 1.807) is 14.0 Å². The van der Waals surface area contributed by atoms with Gasteiger partial charge in [0.15, 0.2) is 11.6 Å². The van der Waals surface area contributed by atoms with E-state index in [2.05, 4.69) is 15.4 Å². The molecule has 1 saturated carbocycles. The maximum Gasteiger partial charge on any atom is 0.230 e. The number of carbonyl (C=O) groups excluding carboxylic acids is 1. The SMILES string of the molecule is Cc1nc(NC(=O)[C@H]2C[C@H]2c2ccc(F)c(F)c2)n(C)n1. The number of nitrogens with zero attached hydrogens (tertiary/aromatic N) is 3. The number of aryl methyl sites for hydroxylation is 2. The molecule has 1 aliphatic carbocycles. The lowest BCUT2D eigenvalue weighted by molar-refractivity contribution is -0.117. The summed E-state index contributed by atoms with van der Waals surface area (Å²) in [5.41, 5.74) is 0.642. The van der Waals surface area contributed by atoms with Gasteiger partial charge >= 0.3 is 0 Å². The molecule has 0 unspecified atom stereocenters. The molecule has 3 rings (SSSR count). The molecule has 110 valence electrons. The van der Waals surface area contributed by atoms with Crippen molar-refractivity contribution in [3.05, 3.63) is 41.2 Å². The first kappa shape index (κ1) is 13.7. The molecule has 0 aliphatic heterocycles. The van der Waals surface area contributed by atoms with E-state index in [9.17, 15) is 13.6 Å². The third kappa shape index (κ3) is 2.63. The molecule has 1 aliphatic rings. The summed E-state index contributed by atoms with van der Waals surface area (Å²) < 4.78 is 27.6. The van der Waals surface area contributed by atoms with Crippen LogP contribution in [-0.4, -0.2) is 20.7 Å². The molecule has 1 aromatic heterocycles. The fourth-order valence-corrected chi connectivity index (χ4v) is 2.42. The third-order valence-corrected chi connectivity index (χ3v) is 3.60. The van der Waals surface area contributed by atoms with E-state index in [4.69, 9.17) is 0 Å². The molecule has 0 bridgehead atoms.